The zero-order valence-corrected chi connectivity index (χ0v) is 11.3. The van der Waals surface area contributed by atoms with Crippen LogP contribution in [0.1, 0.15) is 42.6 Å². The van der Waals surface area contributed by atoms with Crippen LogP contribution < -0.4 is 0 Å². The Kier molecular flexibility index (Phi) is 3.45. The van der Waals surface area contributed by atoms with Crippen LogP contribution in [0.5, 0.6) is 0 Å². The van der Waals surface area contributed by atoms with Gasteiger partial charge in [0.2, 0.25) is 0 Å². The van der Waals surface area contributed by atoms with Crippen LogP contribution in [0.15, 0.2) is 24.8 Å². The van der Waals surface area contributed by atoms with Crippen molar-refractivity contribution in [3.8, 4) is 0 Å². The zero-order valence-electron chi connectivity index (χ0n) is 11.3. The first-order valence-corrected chi connectivity index (χ1v) is 6.74. The number of aromatic nitrogens is 4. The van der Waals surface area contributed by atoms with E-state index in [9.17, 15) is 4.79 Å². The maximum atomic E-state index is 11.7. The lowest BCUT2D eigenvalue weighted by Gasteiger charge is -2.21. The van der Waals surface area contributed by atoms with Gasteiger partial charge < -0.3 is 4.74 Å². The minimum Gasteiger partial charge on any atom is -0.442 e. The molecule has 0 spiro atoms. The second-order valence-corrected chi connectivity index (χ2v) is 5.06. The van der Waals surface area contributed by atoms with Gasteiger partial charge in [-0.15, -0.1) is 0 Å². The number of carbonyl (C=O) groups is 1. The normalized spacial score (nSPS) is 17.6. The maximum absolute atomic E-state index is 11.7. The third-order valence-corrected chi connectivity index (χ3v) is 3.59. The van der Waals surface area contributed by atoms with E-state index in [-0.39, 0.29) is 6.61 Å². The molecule has 0 N–H and O–H groups in total. The highest BCUT2D eigenvalue weighted by Crippen LogP contribution is 2.29. The molecule has 1 unspecified atom stereocenters. The maximum Gasteiger partial charge on any atom is 0.419 e. The predicted molar refractivity (Wildman–Crippen MR) is 71.2 cm³/mol. The van der Waals surface area contributed by atoms with Crippen LogP contribution in [0.4, 0.5) is 4.79 Å². The molecule has 0 fully saturated rings. The van der Waals surface area contributed by atoms with Crippen LogP contribution in [0.3, 0.4) is 0 Å². The third kappa shape index (κ3) is 2.54. The molecular formula is C14H16N4O2. The van der Waals surface area contributed by atoms with Gasteiger partial charge in [0.25, 0.3) is 0 Å². The summed E-state index contributed by atoms with van der Waals surface area (Å²) in [6, 6.07) is 2.01. The minimum atomic E-state index is -0.463. The van der Waals surface area contributed by atoms with E-state index in [1.165, 1.54) is 29.1 Å². The fourth-order valence-corrected chi connectivity index (χ4v) is 2.47. The Hall–Kier alpha value is -2.24. The van der Waals surface area contributed by atoms with Crippen molar-refractivity contribution in [3.63, 3.8) is 0 Å². The number of fused-ring (bicyclic) bond motifs is 1. The van der Waals surface area contributed by atoms with Gasteiger partial charge in [0, 0.05) is 12.4 Å². The van der Waals surface area contributed by atoms with Crippen molar-refractivity contribution in [2.75, 3.05) is 0 Å². The van der Waals surface area contributed by atoms with Gasteiger partial charge in [0.15, 0.2) is 0 Å². The number of aryl methyl sites for hydroxylation is 1. The number of hydrogen-bond donors (Lipinski definition) is 0. The molecule has 0 amide bonds. The van der Waals surface area contributed by atoms with Gasteiger partial charge >= 0.3 is 6.09 Å². The lowest BCUT2D eigenvalue weighted by atomic mass is 9.87. The van der Waals surface area contributed by atoms with Crippen molar-refractivity contribution in [2.45, 2.75) is 38.7 Å². The van der Waals surface area contributed by atoms with Crippen LogP contribution >= 0.6 is 0 Å². The Morgan fingerprint density at radius 1 is 1.50 bits per heavy atom. The van der Waals surface area contributed by atoms with E-state index in [0.29, 0.717) is 11.6 Å². The quantitative estimate of drug-likeness (QED) is 0.839. The molecular weight excluding hydrogens is 256 g/mol. The third-order valence-electron chi connectivity index (χ3n) is 3.59. The monoisotopic (exact) mass is 272 g/mol. The second kappa shape index (κ2) is 5.40. The molecule has 2 aromatic heterocycles. The van der Waals surface area contributed by atoms with E-state index in [1.54, 1.807) is 6.20 Å². The SMILES string of the molecule is CC1CCCc2nnc(COC(=O)n3ccnc3)cc21. The number of rotatable bonds is 2. The first-order valence-electron chi connectivity index (χ1n) is 6.74. The lowest BCUT2D eigenvalue weighted by molar-refractivity contribution is 0.139. The molecule has 104 valence electrons. The van der Waals surface area contributed by atoms with Gasteiger partial charge in [-0.25, -0.2) is 14.3 Å². The summed E-state index contributed by atoms with van der Waals surface area (Å²) < 4.78 is 6.47. The van der Waals surface area contributed by atoms with E-state index < -0.39 is 6.09 Å². The topological polar surface area (TPSA) is 69.9 Å². The number of nitrogens with zero attached hydrogens (tertiary/aromatic N) is 4. The average molecular weight is 272 g/mol. The van der Waals surface area contributed by atoms with E-state index in [4.69, 9.17) is 4.74 Å². The molecule has 0 bridgehead atoms. The molecule has 0 saturated carbocycles. The minimum absolute atomic E-state index is 0.129. The van der Waals surface area contributed by atoms with E-state index >= 15 is 0 Å². The molecule has 0 aliphatic heterocycles. The van der Waals surface area contributed by atoms with Crippen LogP contribution in [-0.4, -0.2) is 25.8 Å². The fourth-order valence-electron chi connectivity index (χ4n) is 2.47. The van der Waals surface area contributed by atoms with Crippen molar-refractivity contribution in [2.24, 2.45) is 0 Å². The number of carbonyl (C=O) groups excluding carboxylic acids is 1. The van der Waals surface area contributed by atoms with Gasteiger partial charge in [-0.2, -0.15) is 10.2 Å². The van der Waals surface area contributed by atoms with Crippen molar-refractivity contribution in [3.05, 3.63) is 41.7 Å². The summed E-state index contributed by atoms with van der Waals surface area (Å²) in [5, 5.41) is 8.38. The smallest absolute Gasteiger partial charge is 0.419 e. The Bertz CT molecular complexity index is 610. The number of hydrogen-bond acceptors (Lipinski definition) is 5. The van der Waals surface area contributed by atoms with Gasteiger partial charge in [0.05, 0.1) is 5.69 Å². The number of imidazole rings is 1. The summed E-state index contributed by atoms with van der Waals surface area (Å²) in [5.74, 6) is 0.498. The zero-order chi connectivity index (χ0) is 13.9. The van der Waals surface area contributed by atoms with E-state index in [1.807, 2.05) is 6.07 Å². The summed E-state index contributed by atoms with van der Waals surface area (Å²) in [6.45, 7) is 2.32. The second-order valence-electron chi connectivity index (χ2n) is 5.06. The van der Waals surface area contributed by atoms with Crippen LogP contribution in [0.2, 0.25) is 0 Å². The van der Waals surface area contributed by atoms with E-state index in [2.05, 4.69) is 22.1 Å². The standard InChI is InChI=1S/C14H16N4O2/c1-10-3-2-4-13-12(10)7-11(16-17-13)8-20-14(19)18-6-5-15-9-18/h5-7,9-10H,2-4,8H2,1H3. The summed E-state index contributed by atoms with van der Waals surface area (Å²) in [7, 11) is 0. The average Bonchev–Trinajstić information content (AvgIpc) is 3.00. The first kappa shape index (κ1) is 12.8. The molecule has 20 heavy (non-hydrogen) atoms. The highest BCUT2D eigenvalue weighted by Gasteiger charge is 2.19. The van der Waals surface area contributed by atoms with Gasteiger partial charge in [-0.3, -0.25) is 0 Å². The van der Waals surface area contributed by atoms with Gasteiger partial charge in [0.1, 0.15) is 18.6 Å². The van der Waals surface area contributed by atoms with Crippen molar-refractivity contribution < 1.29 is 9.53 Å². The van der Waals surface area contributed by atoms with Crippen molar-refractivity contribution >= 4 is 6.09 Å². The first-order chi connectivity index (χ1) is 9.74. The fraction of sp³-hybridized carbons (Fsp3) is 0.429. The molecule has 0 saturated heterocycles. The highest BCUT2D eigenvalue weighted by molar-refractivity contribution is 5.69. The molecule has 6 nitrogen and oxygen atoms in total. The van der Waals surface area contributed by atoms with Crippen molar-refractivity contribution in [1.82, 2.24) is 19.7 Å². The molecule has 1 aliphatic rings. The van der Waals surface area contributed by atoms with Gasteiger partial charge in [-0.1, -0.05) is 6.92 Å². The highest BCUT2D eigenvalue weighted by atomic mass is 16.5. The Morgan fingerprint density at radius 3 is 3.20 bits per heavy atom. The molecule has 1 aliphatic carbocycles. The molecule has 1 atom stereocenters. The van der Waals surface area contributed by atoms with E-state index in [0.717, 1.165) is 18.5 Å². The van der Waals surface area contributed by atoms with Crippen molar-refractivity contribution in [1.29, 1.82) is 0 Å². The number of ether oxygens (including phenoxy) is 1. The Labute approximate surface area is 116 Å². The lowest BCUT2D eigenvalue weighted by Crippen LogP contribution is -2.15. The Morgan fingerprint density at radius 2 is 2.40 bits per heavy atom. The molecule has 2 heterocycles. The summed E-state index contributed by atoms with van der Waals surface area (Å²) >= 11 is 0. The Balaban J connectivity index is 1.69. The van der Waals surface area contributed by atoms with Crippen LogP contribution in [-0.2, 0) is 17.8 Å². The molecule has 0 aromatic carbocycles. The molecule has 0 radical (unpaired) electrons. The summed E-state index contributed by atoms with van der Waals surface area (Å²) in [6.07, 6.45) is 7.34. The van der Waals surface area contributed by atoms with Crippen LogP contribution in [0.25, 0.3) is 0 Å². The summed E-state index contributed by atoms with van der Waals surface area (Å²) in [4.78, 5) is 15.5. The predicted octanol–water partition coefficient (Wildman–Crippen LogP) is 2.30. The molecule has 6 heteroatoms. The van der Waals surface area contributed by atoms with Crippen LogP contribution in [0, 0.1) is 0 Å². The van der Waals surface area contributed by atoms with Gasteiger partial charge in [-0.05, 0) is 36.8 Å². The largest absolute Gasteiger partial charge is 0.442 e. The molecule has 2 aromatic rings. The molecule has 3 rings (SSSR count). The summed E-state index contributed by atoms with van der Waals surface area (Å²) in [5.41, 5.74) is 3.00.